The number of aromatic nitrogens is 1. The number of hydrogen-bond acceptors (Lipinski definition) is 7. The van der Waals surface area contributed by atoms with E-state index in [1.807, 2.05) is 27.7 Å². The van der Waals surface area contributed by atoms with Gasteiger partial charge >= 0.3 is 5.97 Å². The normalized spacial score (nSPS) is 13.7. The third kappa shape index (κ3) is 9.18. The maximum absolute atomic E-state index is 14.0. The molecule has 13 heteroatoms. The Kier molecular flexibility index (Phi) is 14.3. The lowest BCUT2D eigenvalue weighted by atomic mass is 9.95. The van der Waals surface area contributed by atoms with E-state index in [4.69, 9.17) is 9.47 Å². The van der Waals surface area contributed by atoms with E-state index in [0.717, 1.165) is 37.0 Å². The zero-order chi connectivity index (χ0) is 31.6. The van der Waals surface area contributed by atoms with Gasteiger partial charge in [0.15, 0.2) is 5.69 Å². The van der Waals surface area contributed by atoms with Crippen molar-refractivity contribution < 1.29 is 45.8 Å². The summed E-state index contributed by atoms with van der Waals surface area (Å²) in [5, 5.41) is 1.52. The first kappa shape index (κ1) is 35.6. The highest BCUT2D eigenvalue weighted by molar-refractivity contribution is 7.09. The number of carbonyl (C=O) groups excluding carboxylic acids is 2. The van der Waals surface area contributed by atoms with Gasteiger partial charge in [-0.1, -0.05) is 53.9 Å². The molecule has 0 bridgehead atoms. The minimum atomic E-state index is -2.37. The van der Waals surface area contributed by atoms with Gasteiger partial charge in [0.2, 0.25) is 40.7 Å². The number of ether oxygens (including phenoxy) is 3. The average molecular weight is 623 g/mol. The molecule has 236 valence electrons. The molecule has 42 heavy (non-hydrogen) atoms. The molecule has 2 unspecified atom stereocenters. The van der Waals surface area contributed by atoms with Gasteiger partial charge in [-0.05, 0) is 18.3 Å². The molecular weight excluding hydrogens is 583 g/mol. The molecule has 0 radical (unpaired) electrons. The third-order valence-electron chi connectivity index (χ3n) is 6.94. The van der Waals surface area contributed by atoms with Crippen molar-refractivity contribution in [2.75, 3.05) is 20.4 Å². The van der Waals surface area contributed by atoms with Gasteiger partial charge in [0, 0.05) is 38.0 Å². The third-order valence-corrected chi connectivity index (χ3v) is 7.88. The van der Waals surface area contributed by atoms with Gasteiger partial charge in [-0.2, -0.15) is 8.78 Å². The molecule has 3 atom stereocenters. The fraction of sp³-hybridized carbons (Fsp3) is 0.621. The Morgan fingerprint density at radius 1 is 0.976 bits per heavy atom. The molecule has 1 heterocycles. The van der Waals surface area contributed by atoms with Crippen molar-refractivity contribution in [2.24, 2.45) is 11.8 Å². The number of hydrogen-bond donors (Lipinski definition) is 0. The number of benzene rings is 1. The maximum atomic E-state index is 14.0. The molecule has 1 amide bonds. The topological polar surface area (TPSA) is 78.0 Å². The van der Waals surface area contributed by atoms with Crippen molar-refractivity contribution >= 4 is 23.2 Å². The zero-order valence-corrected chi connectivity index (χ0v) is 25.6. The molecule has 7 nitrogen and oxygen atoms in total. The van der Waals surface area contributed by atoms with Crippen molar-refractivity contribution in [3.8, 4) is 5.75 Å². The van der Waals surface area contributed by atoms with Gasteiger partial charge in [-0.25, -0.2) is 22.9 Å². The van der Waals surface area contributed by atoms with Crippen LogP contribution in [0.25, 0.3) is 0 Å². The lowest BCUT2D eigenvalue weighted by Crippen LogP contribution is -2.46. The molecule has 1 aromatic heterocycles. The van der Waals surface area contributed by atoms with Crippen LogP contribution in [0.1, 0.15) is 94.7 Å². The van der Waals surface area contributed by atoms with Gasteiger partial charge in [0.05, 0.1) is 0 Å². The van der Waals surface area contributed by atoms with E-state index in [-0.39, 0.29) is 30.5 Å². The molecule has 0 N–H and O–H groups in total. The van der Waals surface area contributed by atoms with Crippen LogP contribution in [0.4, 0.5) is 22.0 Å². The predicted molar refractivity (Wildman–Crippen MR) is 148 cm³/mol. The summed E-state index contributed by atoms with van der Waals surface area (Å²) in [6, 6.07) is -0.328. The molecule has 1 aromatic carbocycles. The van der Waals surface area contributed by atoms with E-state index in [2.05, 4.69) is 16.6 Å². The standard InChI is InChI=1S/C29H39F5N2O5S/c1-7-9-10-11-40-15-36(21(37)12-17(5)8-2)19(16(3)4)13-20(39-6)28-35-18(14-42-28)29(38)41-27-25(33)23(31)22(30)24(32)26(27)34/h14,16-17,19-20H,7-13,15H2,1-6H3/t17-,19?,20?/m0/s1. The summed E-state index contributed by atoms with van der Waals surface area (Å²) < 4.78 is 84.4. The molecule has 0 spiro atoms. The molecule has 0 aliphatic heterocycles. The Balaban J connectivity index is 2.27. The zero-order valence-electron chi connectivity index (χ0n) is 24.8. The summed E-state index contributed by atoms with van der Waals surface area (Å²) in [5.74, 6) is -14.4. The Hall–Kier alpha value is -2.64. The highest BCUT2D eigenvalue weighted by Crippen LogP contribution is 2.32. The van der Waals surface area contributed by atoms with Crippen molar-refractivity contribution in [3.05, 3.63) is 45.2 Å². The maximum Gasteiger partial charge on any atom is 0.363 e. The summed E-state index contributed by atoms with van der Waals surface area (Å²) in [6.45, 7) is 10.7. The molecular formula is C29H39F5N2O5S. The molecule has 0 fully saturated rings. The molecule has 2 rings (SSSR count). The van der Waals surface area contributed by atoms with Crippen LogP contribution in [-0.4, -0.2) is 48.2 Å². The van der Waals surface area contributed by atoms with Crippen molar-refractivity contribution in [1.29, 1.82) is 0 Å². The molecule has 2 aromatic rings. The largest absolute Gasteiger partial charge is 0.415 e. The Morgan fingerprint density at radius 2 is 1.60 bits per heavy atom. The van der Waals surface area contributed by atoms with E-state index in [0.29, 0.717) is 24.5 Å². The fourth-order valence-electron chi connectivity index (χ4n) is 4.15. The predicted octanol–water partition coefficient (Wildman–Crippen LogP) is 7.59. The average Bonchev–Trinajstić information content (AvgIpc) is 3.46. The van der Waals surface area contributed by atoms with Crippen LogP contribution < -0.4 is 4.74 Å². The fourth-order valence-corrected chi connectivity index (χ4v) is 5.03. The number of thiazole rings is 1. The van der Waals surface area contributed by atoms with E-state index >= 15 is 0 Å². The number of esters is 1. The van der Waals surface area contributed by atoms with Crippen LogP contribution in [-0.2, 0) is 14.3 Å². The smallest absolute Gasteiger partial charge is 0.363 e. The number of unbranched alkanes of at least 4 members (excludes halogenated alkanes) is 2. The van der Waals surface area contributed by atoms with Crippen molar-refractivity contribution in [2.45, 2.75) is 85.3 Å². The van der Waals surface area contributed by atoms with E-state index < -0.39 is 52.6 Å². The number of amides is 1. The minimum absolute atomic E-state index is 0.0126. The molecule has 0 aliphatic rings. The van der Waals surface area contributed by atoms with Gasteiger partial charge in [-0.3, -0.25) is 4.79 Å². The molecule has 0 saturated carbocycles. The second kappa shape index (κ2) is 16.9. The van der Waals surface area contributed by atoms with Crippen LogP contribution in [0.2, 0.25) is 0 Å². The Morgan fingerprint density at radius 3 is 2.14 bits per heavy atom. The van der Waals surface area contributed by atoms with Crippen molar-refractivity contribution in [1.82, 2.24) is 9.88 Å². The van der Waals surface area contributed by atoms with Crippen LogP contribution in [0, 0.1) is 40.9 Å². The number of carbonyl (C=O) groups is 2. The van der Waals surface area contributed by atoms with Gasteiger partial charge < -0.3 is 19.1 Å². The lowest BCUT2D eigenvalue weighted by Gasteiger charge is -2.36. The van der Waals surface area contributed by atoms with Crippen LogP contribution in [0.15, 0.2) is 5.38 Å². The monoisotopic (exact) mass is 622 g/mol. The van der Waals surface area contributed by atoms with Crippen LogP contribution >= 0.6 is 11.3 Å². The number of nitrogens with zero attached hydrogens (tertiary/aromatic N) is 2. The summed E-state index contributed by atoms with van der Waals surface area (Å²) in [5.41, 5.74) is -0.411. The Labute approximate surface area is 247 Å². The second-order valence-electron chi connectivity index (χ2n) is 10.5. The summed E-state index contributed by atoms with van der Waals surface area (Å²) >= 11 is 0.986. The molecule has 0 aliphatic carbocycles. The van der Waals surface area contributed by atoms with Gasteiger partial charge in [-0.15, -0.1) is 11.3 Å². The number of rotatable bonds is 17. The highest BCUT2D eigenvalue weighted by Gasteiger charge is 2.33. The second-order valence-corrected chi connectivity index (χ2v) is 11.3. The summed E-state index contributed by atoms with van der Waals surface area (Å²) in [6.07, 6.45) is 3.71. The van der Waals surface area contributed by atoms with E-state index in [9.17, 15) is 31.5 Å². The van der Waals surface area contributed by atoms with Crippen LogP contribution in [0.3, 0.4) is 0 Å². The van der Waals surface area contributed by atoms with Gasteiger partial charge in [0.1, 0.15) is 17.8 Å². The first-order valence-corrected chi connectivity index (χ1v) is 14.8. The highest BCUT2D eigenvalue weighted by atomic mass is 32.1. The SMILES string of the molecule is CCCCCOCN(C(=O)C[C@@H](C)CC)C(CC(OC)c1nc(C(=O)Oc2c(F)c(F)c(F)c(F)c2F)cs1)C(C)C. The van der Waals surface area contributed by atoms with Gasteiger partial charge in [0.25, 0.3) is 0 Å². The first-order chi connectivity index (χ1) is 19.9. The summed E-state index contributed by atoms with van der Waals surface area (Å²) in [7, 11) is 1.43. The number of methoxy groups -OCH3 is 1. The van der Waals surface area contributed by atoms with Crippen LogP contribution in [0.5, 0.6) is 5.75 Å². The minimum Gasteiger partial charge on any atom is -0.415 e. The first-order valence-electron chi connectivity index (χ1n) is 14.0. The van der Waals surface area contributed by atoms with Crippen molar-refractivity contribution in [3.63, 3.8) is 0 Å². The van der Waals surface area contributed by atoms with E-state index in [1.54, 1.807) is 4.90 Å². The molecule has 0 saturated heterocycles. The quantitative estimate of drug-likeness (QED) is 0.0344. The lowest BCUT2D eigenvalue weighted by molar-refractivity contribution is -0.144. The van der Waals surface area contributed by atoms with E-state index in [1.165, 1.54) is 12.5 Å². The number of halogens is 5. The Bertz CT molecular complexity index is 1170. The summed E-state index contributed by atoms with van der Waals surface area (Å²) in [4.78, 5) is 31.8.